The lowest BCUT2D eigenvalue weighted by Crippen LogP contribution is -2.70. The Morgan fingerprint density at radius 1 is 1.17 bits per heavy atom. The first-order valence-electron chi connectivity index (χ1n) is 18.1. The van der Waals surface area contributed by atoms with Crippen LogP contribution in [0.2, 0.25) is 0 Å². The van der Waals surface area contributed by atoms with Gasteiger partial charge in [-0.2, -0.15) is 0 Å². The van der Waals surface area contributed by atoms with E-state index in [0.717, 1.165) is 0 Å². The lowest BCUT2D eigenvalue weighted by Gasteiger charge is -2.62. The summed E-state index contributed by atoms with van der Waals surface area (Å²) in [4.78, 5) is 79.7. The third-order valence-electron chi connectivity index (χ3n) is 12.0. The molecule has 1 saturated heterocycles. The molecule has 1 aliphatic heterocycles. The number of hydrogen-bond acceptors (Lipinski definition) is 13. The van der Waals surface area contributed by atoms with Crippen molar-refractivity contribution < 1.29 is 62.3 Å². The smallest absolute Gasteiger partial charge is 0.329 e. The second kappa shape index (κ2) is 15.0. The molecule has 1 unspecified atom stereocenters. The zero-order valence-corrected chi connectivity index (χ0v) is 30.6. The number of carbonyl (C=O) groups is 5. The Hall–Kier alpha value is -4.02. The number of halogens is 1. The number of nitrogens with zero attached hydrogens (tertiary/aromatic N) is 1. The molecular formula is C37H49FN2O13. The van der Waals surface area contributed by atoms with Crippen molar-refractivity contribution in [3.05, 3.63) is 46.6 Å². The summed E-state index contributed by atoms with van der Waals surface area (Å²) in [5.41, 5.74) is -5.63. The Balaban J connectivity index is 1.29. The van der Waals surface area contributed by atoms with E-state index in [1.54, 1.807) is 33.8 Å². The van der Waals surface area contributed by atoms with E-state index in [9.17, 15) is 39.2 Å². The van der Waals surface area contributed by atoms with Gasteiger partial charge in [-0.15, -0.1) is 10.1 Å². The van der Waals surface area contributed by atoms with Crippen LogP contribution in [0.3, 0.4) is 0 Å². The fraction of sp³-hybridized carbons (Fsp3) is 0.703. The maximum atomic E-state index is 17.7. The molecule has 1 heterocycles. The standard InChI is InChI=1S/C37H49FN2O13/c1-6-15-49-32(46)26(39-30(44)10-8-7-9-16-51-40(47)48)19-31(45)50-21-28(43)37-29(52-33(2,3)53-37)18-25-24-12-11-22-17-23(41)13-14-34(22,4)36(24,38)27(42)20-35(25,37)5/h6,13-14,17,24-27,29,42H,1,7-12,15-16,18-21H2,2-5H3,(H,39,44)/t24-,25-,26?,27-,29+,34-,35-,36-,37+/m0/s1. The fourth-order valence-electron chi connectivity index (χ4n) is 9.69. The zero-order chi connectivity index (χ0) is 39.0. The molecule has 3 saturated carbocycles. The van der Waals surface area contributed by atoms with Crippen LogP contribution in [-0.2, 0) is 47.8 Å². The average Bonchev–Trinajstić information content (AvgIpc) is 3.49. The first-order chi connectivity index (χ1) is 24.8. The minimum Gasteiger partial charge on any atom is -0.460 e. The quantitative estimate of drug-likeness (QED) is 0.0765. The van der Waals surface area contributed by atoms with E-state index >= 15 is 4.39 Å². The molecule has 0 bridgehead atoms. The highest BCUT2D eigenvalue weighted by atomic mass is 19.1. The highest BCUT2D eigenvalue weighted by Crippen LogP contribution is 2.72. The van der Waals surface area contributed by atoms with Crippen molar-refractivity contribution in [2.24, 2.45) is 22.7 Å². The predicted molar refractivity (Wildman–Crippen MR) is 182 cm³/mol. The molecule has 0 aromatic carbocycles. The van der Waals surface area contributed by atoms with Crippen LogP contribution in [0, 0.1) is 32.8 Å². The van der Waals surface area contributed by atoms with Crippen LogP contribution in [0.4, 0.5) is 4.39 Å². The van der Waals surface area contributed by atoms with E-state index in [2.05, 4.69) is 16.7 Å². The maximum Gasteiger partial charge on any atom is 0.329 e. The van der Waals surface area contributed by atoms with Crippen molar-refractivity contribution in [1.29, 1.82) is 0 Å². The van der Waals surface area contributed by atoms with Crippen LogP contribution in [0.25, 0.3) is 0 Å². The number of Topliss-reactive ketones (excluding diaryl/α,β-unsaturated/α-hetero) is 1. The van der Waals surface area contributed by atoms with Gasteiger partial charge in [0.25, 0.3) is 5.09 Å². The van der Waals surface area contributed by atoms with Gasteiger partial charge in [0, 0.05) is 23.2 Å². The molecule has 4 aliphatic carbocycles. The lowest BCUT2D eigenvalue weighted by molar-refractivity contribution is -0.757. The van der Waals surface area contributed by atoms with E-state index in [1.165, 1.54) is 18.2 Å². The van der Waals surface area contributed by atoms with Gasteiger partial charge in [-0.3, -0.25) is 19.2 Å². The number of unbranched alkanes of at least 4 members (excludes halogenated alkanes) is 2. The topological polar surface area (TPSA) is 207 Å². The number of fused-ring (bicyclic) bond motifs is 7. The van der Waals surface area contributed by atoms with Gasteiger partial charge in [0.05, 0.1) is 25.2 Å². The third kappa shape index (κ3) is 7.17. The van der Waals surface area contributed by atoms with E-state index in [0.29, 0.717) is 37.7 Å². The second-order valence-electron chi connectivity index (χ2n) is 15.5. The van der Waals surface area contributed by atoms with Gasteiger partial charge >= 0.3 is 11.9 Å². The summed E-state index contributed by atoms with van der Waals surface area (Å²) >= 11 is 0. The van der Waals surface area contributed by atoms with Crippen LogP contribution < -0.4 is 5.32 Å². The number of ether oxygens (including phenoxy) is 4. The lowest BCUT2D eigenvalue weighted by atomic mass is 9.44. The molecule has 4 fully saturated rings. The summed E-state index contributed by atoms with van der Waals surface area (Å²) in [5, 5.41) is 23.6. The Morgan fingerprint density at radius 2 is 1.91 bits per heavy atom. The number of allylic oxidation sites excluding steroid dienone is 4. The maximum absolute atomic E-state index is 17.7. The molecule has 9 atom stereocenters. The number of ketones is 2. The molecule has 2 N–H and O–H groups in total. The number of carbonyl (C=O) groups excluding carboxylic acids is 5. The molecule has 292 valence electrons. The summed E-state index contributed by atoms with van der Waals surface area (Å²) in [5.74, 6) is -5.82. The average molecular weight is 749 g/mol. The van der Waals surface area contributed by atoms with Crippen LogP contribution in [-0.4, -0.2) is 94.7 Å². The van der Waals surface area contributed by atoms with E-state index in [-0.39, 0.29) is 38.3 Å². The van der Waals surface area contributed by atoms with Gasteiger partial charge in [0.2, 0.25) is 11.7 Å². The van der Waals surface area contributed by atoms with Gasteiger partial charge in [-0.05, 0) is 77.4 Å². The molecule has 1 amide bonds. The summed E-state index contributed by atoms with van der Waals surface area (Å²) < 4.78 is 40.9. The molecular weight excluding hydrogens is 699 g/mol. The summed E-state index contributed by atoms with van der Waals surface area (Å²) in [6.07, 6.45) is 4.46. The number of hydrogen-bond donors (Lipinski definition) is 2. The van der Waals surface area contributed by atoms with Gasteiger partial charge < -0.3 is 34.2 Å². The molecule has 16 heteroatoms. The summed E-state index contributed by atoms with van der Waals surface area (Å²) in [6.45, 7) is 9.16. The van der Waals surface area contributed by atoms with Crippen LogP contribution in [0.15, 0.2) is 36.5 Å². The largest absolute Gasteiger partial charge is 0.460 e. The van der Waals surface area contributed by atoms with Crippen molar-refractivity contribution in [2.45, 2.75) is 121 Å². The van der Waals surface area contributed by atoms with Crippen molar-refractivity contribution in [3.63, 3.8) is 0 Å². The highest BCUT2D eigenvalue weighted by Gasteiger charge is 2.80. The minimum atomic E-state index is -2.14. The Kier molecular flexibility index (Phi) is 11.4. The molecule has 0 spiro atoms. The van der Waals surface area contributed by atoms with Crippen molar-refractivity contribution in [1.82, 2.24) is 5.32 Å². The number of aliphatic hydroxyl groups excluding tert-OH is 1. The normalized spacial score (nSPS) is 35.4. The van der Waals surface area contributed by atoms with Gasteiger partial charge in [0.15, 0.2) is 29.4 Å². The summed E-state index contributed by atoms with van der Waals surface area (Å²) in [6, 6.07) is -1.45. The van der Waals surface area contributed by atoms with E-state index in [4.69, 9.17) is 18.9 Å². The number of amides is 1. The molecule has 5 aliphatic rings. The monoisotopic (exact) mass is 748 g/mol. The molecule has 53 heavy (non-hydrogen) atoms. The van der Waals surface area contributed by atoms with Gasteiger partial charge in [-0.1, -0.05) is 37.6 Å². The molecule has 5 rings (SSSR count). The van der Waals surface area contributed by atoms with Gasteiger partial charge in [-0.25, -0.2) is 9.18 Å². The number of aliphatic hydroxyl groups is 1. The first kappa shape index (κ1) is 40.2. The fourth-order valence-corrected chi connectivity index (χ4v) is 9.69. The number of alkyl halides is 1. The third-order valence-corrected chi connectivity index (χ3v) is 12.0. The van der Waals surface area contributed by atoms with Gasteiger partial charge in [0.1, 0.15) is 12.6 Å². The predicted octanol–water partition coefficient (Wildman–Crippen LogP) is 3.34. The highest BCUT2D eigenvalue weighted by molar-refractivity contribution is 6.01. The van der Waals surface area contributed by atoms with Crippen molar-refractivity contribution >= 4 is 29.4 Å². The van der Waals surface area contributed by atoms with Crippen molar-refractivity contribution in [3.8, 4) is 0 Å². The molecule has 15 nitrogen and oxygen atoms in total. The minimum absolute atomic E-state index is 0.0494. The SMILES string of the molecule is C=CCOC(=O)C(CC(=O)OCC(=O)[C@@]12OC(C)(C)O[C@@H]1C[C@H]1[C@@H]3CCC4=CC(=O)C=C[C@]4(C)[C@@]3(F)[C@@H](O)C[C@@]12C)NC(=O)CCCCCO[N+](=O)[O-]. The Bertz CT molecular complexity index is 1600. The number of nitrogens with one attached hydrogen (secondary N) is 1. The van der Waals surface area contributed by atoms with Crippen LogP contribution >= 0.6 is 0 Å². The summed E-state index contributed by atoms with van der Waals surface area (Å²) in [7, 11) is 0. The van der Waals surface area contributed by atoms with Crippen LogP contribution in [0.1, 0.15) is 85.5 Å². The second-order valence-corrected chi connectivity index (χ2v) is 15.5. The van der Waals surface area contributed by atoms with Crippen molar-refractivity contribution in [2.75, 3.05) is 19.8 Å². The molecule has 0 aromatic rings. The Morgan fingerprint density at radius 3 is 2.60 bits per heavy atom. The van der Waals surface area contributed by atoms with E-state index < -0.39 is 99.7 Å². The molecule has 0 radical (unpaired) electrons. The first-order valence-corrected chi connectivity index (χ1v) is 18.1. The van der Waals surface area contributed by atoms with E-state index in [1.807, 2.05) is 0 Å². The number of esters is 2. The Labute approximate surface area is 306 Å². The zero-order valence-electron chi connectivity index (χ0n) is 30.6. The molecule has 0 aromatic heterocycles. The number of rotatable bonds is 16. The van der Waals surface area contributed by atoms with Crippen LogP contribution in [0.5, 0.6) is 0 Å².